The molecule has 0 aliphatic rings. The molecule has 0 aromatic carbocycles. The van der Waals surface area contributed by atoms with Gasteiger partial charge in [-0.15, -0.1) is 5.10 Å². The van der Waals surface area contributed by atoms with Crippen molar-refractivity contribution in [1.82, 2.24) is 25.6 Å². The minimum absolute atomic E-state index is 0.0580. The summed E-state index contributed by atoms with van der Waals surface area (Å²) in [5.41, 5.74) is 0. The second-order valence-corrected chi connectivity index (χ2v) is 3.55. The molecule has 1 rings (SSSR count). The Morgan fingerprint density at radius 1 is 1.44 bits per heavy atom. The fourth-order valence-electron chi connectivity index (χ4n) is 1.25. The quantitative estimate of drug-likeness (QED) is 0.600. The van der Waals surface area contributed by atoms with Crippen molar-refractivity contribution in [3.8, 4) is 0 Å². The summed E-state index contributed by atoms with van der Waals surface area (Å²) in [5, 5.41) is 13.5. The Morgan fingerprint density at radius 2 is 2.31 bits per heavy atom. The monoisotopic (exact) mass is 225 g/mol. The zero-order valence-electron chi connectivity index (χ0n) is 9.65. The zero-order valence-corrected chi connectivity index (χ0v) is 9.65. The van der Waals surface area contributed by atoms with Crippen molar-refractivity contribution in [2.75, 3.05) is 19.6 Å². The average molecular weight is 225 g/mol. The van der Waals surface area contributed by atoms with Gasteiger partial charge < -0.3 is 10.6 Å². The third-order valence-corrected chi connectivity index (χ3v) is 2.07. The highest BCUT2D eigenvalue weighted by molar-refractivity contribution is 5.77. The minimum Gasteiger partial charge on any atom is -0.355 e. The molecule has 0 fully saturated rings. The summed E-state index contributed by atoms with van der Waals surface area (Å²) in [5.74, 6) is 0.0580. The molecule has 90 valence electrons. The number of carbonyl (C=O) groups is 1. The summed E-state index contributed by atoms with van der Waals surface area (Å²) < 4.78 is 1.78. The predicted octanol–water partition coefficient (Wildman–Crippen LogP) is -0.216. The molecule has 0 aliphatic heterocycles. The van der Waals surface area contributed by atoms with Crippen LogP contribution in [0.2, 0.25) is 0 Å². The SMILES string of the molecule is CCCNC(=O)CNCCCn1ccnn1. The summed E-state index contributed by atoms with van der Waals surface area (Å²) >= 11 is 0. The number of aromatic nitrogens is 3. The first kappa shape index (κ1) is 12.6. The molecule has 16 heavy (non-hydrogen) atoms. The molecule has 6 nitrogen and oxygen atoms in total. The van der Waals surface area contributed by atoms with E-state index >= 15 is 0 Å². The van der Waals surface area contributed by atoms with Gasteiger partial charge in [-0.1, -0.05) is 12.1 Å². The predicted molar refractivity (Wildman–Crippen MR) is 60.8 cm³/mol. The molecule has 0 saturated carbocycles. The Balaban J connectivity index is 1.93. The average Bonchev–Trinajstić information content (AvgIpc) is 2.79. The van der Waals surface area contributed by atoms with Crippen molar-refractivity contribution < 1.29 is 4.79 Å². The fourth-order valence-corrected chi connectivity index (χ4v) is 1.25. The maximum atomic E-state index is 11.2. The van der Waals surface area contributed by atoms with E-state index in [9.17, 15) is 4.79 Å². The Morgan fingerprint density at radius 3 is 3.00 bits per heavy atom. The van der Waals surface area contributed by atoms with Crippen LogP contribution in [-0.2, 0) is 11.3 Å². The van der Waals surface area contributed by atoms with E-state index in [-0.39, 0.29) is 5.91 Å². The molecule has 6 heteroatoms. The van der Waals surface area contributed by atoms with E-state index in [4.69, 9.17) is 0 Å². The van der Waals surface area contributed by atoms with E-state index in [0.29, 0.717) is 6.54 Å². The number of hydrogen-bond donors (Lipinski definition) is 2. The van der Waals surface area contributed by atoms with Crippen LogP contribution < -0.4 is 10.6 Å². The number of nitrogens with zero attached hydrogens (tertiary/aromatic N) is 3. The molecule has 0 bridgehead atoms. The molecule has 1 heterocycles. The van der Waals surface area contributed by atoms with E-state index < -0.39 is 0 Å². The van der Waals surface area contributed by atoms with Crippen molar-refractivity contribution in [3.05, 3.63) is 12.4 Å². The topological polar surface area (TPSA) is 71.8 Å². The highest BCUT2D eigenvalue weighted by Crippen LogP contribution is 1.85. The van der Waals surface area contributed by atoms with Gasteiger partial charge in [0.2, 0.25) is 5.91 Å². The van der Waals surface area contributed by atoms with Crippen LogP contribution in [0.5, 0.6) is 0 Å². The summed E-state index contributed by atoms with van der Waals surface area (Å²) in [6.45, 7) is 4.80. The van der Waals surface area contributed by atoms with Gasteiger partial charge in [0, 0.05) is 19.3 Å². The van der Waals surface area contributed by atoms with E-state index in [1.54, 1.807) is 10.9 Å². The van der Waals surface area contributed by atoms with Crippen LogP contribution in [-0.4, -0.2) is 40.5 Å². The Hall–Kier alpha value is -1.43. The number of amides is 1. The molecule has 1 aromatic rings. The van der Waals surface area contributed by atoms with Crippen LogP contribution in [0.4, 0.5) is 0 Å². The number of hydrogen-bond acceptors (Lipinski definition) is 4. The van der Waals surface area contributed by atoms with Gasteiger partial charge in [0.15, 0.2) is 0 Å². The lowest BCUT2D eigenvalue weighted by Crippen LogP contribution is -2.34. The van der Waals surface area contributed by atoms with Crippen LogP contribution in [0.25, 0.3) is 0 Å². The molecule has 0 aliphatic carbocycles. The van der Waals surface area contributed by atoms with E-state index in [1.807, 2.05) is 13.1 Å². The van der Waals surface area contributed by atoms with Crippen LogP contribution in [0, 0.1) is 0 Å². The molecule has 0 spiro atoms. The second kappa shape index (κ2) is 7.81. The molecule has 1 amide bonds. The maximum absolute atomic E-state index is 11.2. The van der Waals surface area contributed by atoms with Crippen molar-refractivity contribution in [2.24, 2.45) is 0 Å². The van der Waals surface area contributed by atoms with Crippen LogP contribution in [0.1, 0.15) is 19.8 Å². The first-order chi connectivity index (χ1) is 7.83. The smallest absolute Gasteiger partial charge is 0.233 e. The molecular weight excluding hydrogens is 206 g/mol. The number of rotatable bonds is 8. The van der Waals surface area contributed by atoms with Crippen LogP contribution >= 0.6 is 0 Å². The fraction of sp³-hybridized carbons (Fsp3) is 0.700. The second-order valence-electron chi connectivity index (χ2n) is 3.55. The van der Waals surface area contributed by atoms with Gasteiger partial charge in [0.25, 0.3) is 0 Å². The molecular formula is C10H19N5O. The first-order valence-electron chi connectivity index (χ1n) is 5.64. The molecule has 0 radical (unpaired) electrons. The lowest BCUT2D eigenvalue weighted by Gasteiger charge is -2.05. The summed E-state index contributed by atoms with van der Waals surface area (Å²) in [4.78, 5) is 11.2. The van der Waals surface area contributed by atoms with Crippen molar-refractivity contribution in [2.45, 2.75) is 26.3 Å². The normalized spacial score (nSPS) is 10.3. The zero-order chi connectivity index (χ0) is 11.6. The molecule has 0 atom stereocenters. The van der Waals surface area contributed by atoms with Gasteiger partial charge in [0.1, 0.15) is 0 Å². The van der Waals surface area contributed by atoms with Crippen molar-refractivity contribution >= 4 is 5.91 Å². The summed E-state index contributed by atoms with van der Waals surface area (Å²) in [7, 11) is 0. The summed E-state index contributed by atoms with van der Waals surface area (Å²) in [6.07, 6.45) is 5.39. The van der Waals surface area contributed by atoms with E-state index in [0.717, 1.165) is 32.5 Å². The molecule has 0 unspecified atom stereocenters. The van der Waals surface area contributed by atoms with E-state index in [1.165, 1.54) is 0 Å². The van der Waals surface area contributed by atoms with Gasteiger partial charge in [-0.2, -0.15) is 0 Å². The Labute approximate surface area is 95.4 Å². The lowest BCUT2D eigenvalue weighted by atomic mass is 10.4. The number of nitrogens with one attached hydrogen (secondary N) is 2. The van der Waals surface area contributed by atoms with Gasteiger partial charge in [-0.3, -0.25) is 9.48 Å². The largest absolute Gasteiger partial charge is 0.355 e. The molecule has 0 saturated heterocycles. The van der Waals surface area contributed by atoms with Crippen LogP contribution in [0.15, 0.2) is 12.4 Å². The number of aryl methyl sites for hydroxylation is 1. The van der Waals surface area contributed by atoms with Gasteiger partial charge in [0.05, 0.1) is 12.7 Å². The van der Waals surface area contributed by atoms with Crippen LogP contribution in [0.3, 0.4) is 0 Å². The van der Waals surface area contributed by atoms with Crippen molar-refractivity contribution in [3.63, 3.8) is 0 Å². The van der Waals surface area contributed by atoms with Gasteiger partial charge in [-0.25, -0.2) is 0 Å². The minimum atomic E-state index is 0.0580. The third-order valence-electron chi connectivity index (χ3n) is 2.07. The van der Waals surface area contributed by atoms with Gasteiger partial charge >= 0.3 is 0 Å². The van der Waals surface area contributed by atoms with Crippen molar-refractivity contribution in [1.29, 1.82) is 0 Å². The standard InChI is InChI=1S/C10H19N5O/c1-2-4-12-10(16)9-11-5-3-7-15-8-6-13-14-15/h6,8,11H,2-5,7,9H2,1H3,(H,12,16). The highest BCUT2D eigenvalue weighted by Gasteiger charge is 1.98. The third kappa shape index (κ3) is 5.45. The Kier molecular flexibility index (Phi) is 6.17. The highest BCUT2D eigenvalue weighted by atomic mass is 16.1. The maximum Gasteiger partial charge on any atom is 0.233 e. The number of carbonyl (C=O) groups excluding carboxylic acids is 1. The molecule has 2 N–H and O–H groups in total. The Bertz CT molecular complexity index is 285. The lowest BCUT2D eigenvalue weighted by molar-refractivity contribution is -0.120. The van der Waals surface area contributed by atoms with Gasteiger partial charge in [-0.05, 0) is 19.4 Å². The summed E-state index contributed by atoms with van der Waals surface area (Å²) in [6, 6.07) is 0. The molecule has 1 aromatic heterocycles. The van der Waals surface area contributed by atoms with E-state index in [2.05, 4.69) is 20.9 Å². The first-order valence-corrected chi connectivity index (χ1v) is 5.64.